The van der Waals surface area contributed by atoms with Crippen molar-refractivity contribution in [1.82, 2.24) is 14.8 Å². The van der Waals surface area contributed by atoms with Crippen molar-refractivity contribution >= 4 is 53.2 Å². The highest BCUT2D eigenvalue weighted by atomic mass is 79.9. The number of sulfone groups is 1. The summed E-state index contributed by atoms with van der Waals surface area (Å²) in [6.07, 6.45) is 10.4. The number of aliphatic hydroxyl groups is 4. The van der Waals surface area contributed by atoms with Crippen molar-refractivity contribution in [2.24, 2.45) is 51.2 Å². The Labute approximate surface area is 382 Å². The first-order valence-corrected chi connectivity index (χ1v) is 26.3. The van der Waals surface area contributed by atoms with E-state index in [-0.39, 0.29) is 75.9 Å². The topological polar surface area (TPSA) is 251 Å². The minimum absolute atomic E-state index is 0.00641. The molecule has 6 saturated carbocycles. The van der Waals surface area contributed by atoms with Crippen molar-refractivity contribution in [1.29, 1.82) is 0 Å². The number of Topliss-reactive ketones (excluding diaryl/α,β-unsaturated/α-hetero) is 3. The minimum atomic E-state index is -4.05. The number of carbonyl (C=O) groups excluding carboxylic acids is 3. The van der Waals surface area contributed by atoms with E-state index < -0.39 is 76.7 Å². The highest BCUT2D eigenvalue weighted by Crippen LogP contribution is 2.68. The van der Waals surface area contributed by atoms with Gasteiger partial charge in [-0.25, -0.2) is 26.9 Å². The third-order valence-corrected chi connectivity index (χ3v) is 21.0. The lowest BCUT2D eigenvalue weighted by Crippen LogP contribution is -2.62. The summed E-state index contributed by atoms with van der Waals surface area (Å²) in [5.74, 6) is -1.71. The van der Waals surface area contributed by atoms with E-state index >= 15 is 0 Å². The molecule has 0 radical (unpaired) electrons. The number of aromatic nitrogens is 3. The largest absolute Gasteiger partial charge is 0.393 e. The maximum absolute atomic E-state index is 14.1. The van der Waals surface area contributed by atoms with Gasteiger partial charge < -0.3 is 20.4 Å². The van der Waals surface area contributed by atoms with Crippen molar-refractivity contribution in [2.45, 2.75) is 133 Å². The number of alkyl halides is 1. The molecule has 2 bridgehead atoms. The molecule has 0 amide bonds. The van der Waals surface area contributed by atoms with Crippen molar-refractivity contribution < 1.29 is 65.0 Å². The number of nitrogens with zero attached hydrogens (tertiary/aromatic N) is 3. The summed E-state index contributed by atoms with van der Waals surface area (Å²) in [4.78, 5) is 41.2. The van der Waals surface area contributed by atoms with Gasteiger partial charge in [0.05, 0.1) is 28.5 Å². The molecule has 15 nitrogen and oxygen atoms in total. The summed E-state index contributed by atoms with van der Waals surface area (Å²) in [6.45, 7) is 8.00. The number of hydrogen-bond acceptors (Lipinski definition) is 13. The molecule has 6 aliphatic rings. The Hall–Kier alpha value is -2.59. The molecule has 1 heterocycles. The highest BCUT2D eigenvalue weighted by molar-refractivity contribution is 9.10. The number of fused-ring (bicyclic) bond motifs is 7. The third kappa shape index (κ3) is 8.50. The van der Waals surface area contributed by atoms with Crippen LogP contribution >= 0.6 is 15.9 Å². The fourth-order valence-corrected chi connectivity index (χ4v) is 16.8. The molecule has 8 rings (SSSR count). The van der Waals surface area contributed by atoms with Gasteiger partial charge in [-0.1, -0.05) is 49.7 Å². The lowest BCUT2D eigenvalue weighted by atomic mass is 9.44. The smallest absolute Gasteiger partial charge is 0.265 e. The van der Waals surface area contributed by atoms with Crippen molar-refractivity contribution in [3.05, 3.63) is 48.1 Å². The van der Waals surface area contributed by atoms with Gasteiger partial charge in [-0.15, -0.1) is 0 Å². The predicted molar refractivity (Wildman–Crippen MR) is 233 cm³/mol. The number of benzene rings is 1. The van der Waals surface area contributed by atoms with E-state index in [1.807, 2.05) is 13.8 Å². The number of aliphatic hydroxyl groups excluding tert-OH is 2. The number of rotatable bonds is 9. The van der Waals surface area contributed by atoms with Gasteiger partial charge >= 0.3 is 0 Å². The van der Waals surface area contributed by atoms with Crippen molar-refractivity contribution in [3.63, 3.8) is 0 Å². The van der Waals surface area contributed by atoms with Gasteiger partial charge in [0.2, 0.25) is 0 Å². The van der Waals surface area contributed by atoms with Crippen LogP contribution in [0, 0.1) is 62.9 Å². The van der Waals surface area contributed by atoms with E-state index in [1.54, 1.807) is 6.92 Å². The standard InChI is InChI=1S/C21H32O5.C13H15F2N3O3S.C10H15BrO4S/c1-19-7-5-13(23)9-12(19)3-4-14-15-6-8-21(26,17(25)11-22)20(15,2)10-16(24)18(14)19;1-9(22(2,20)21)13(19,6-18-8-16-7-17-18)11-4-3-10(14)5-12(11)15;1-9-4-3-6(7(11)8(9)12)10(9,2)5-16(13,14)15/h12-15,18,22-23,26H,3-11H2,1-2H3;3-5,7-9,19H,6H2,1-2H3;6-7H,3-5H2,1-2H3,(H,13,14,15)/t12-,13-,14+,15+,18-,19+,20+,21+;;/m1../s1. The fourth-order valence-electron chi connectivity index (χ4n) is 13.3. The van der Waals surface area contributed by atoms with Crippen molar-refractivity contribution in [3.8, 4) is 0 Å². The lowest BCUT2D eigenvalue weighted by molar-refractivity contribution is -0.180. The summed E-state index contributed by atoms with van der Waals surface area (Å²) in [6, 6.07) is 2.58. The second kappa shape index (κ2) is 17.5. The van der Waals surface area contributed by atoms with E-state index in [0.29, 0.717) is 24.8 Å². The molecule has 358 valence electrons. The number of halogens is 3. The normalized spacial score (nSPS) is 39.2. The summed E-state index contributed by atoms with van der Waals surface area (Å²) < 4.78 is 83.3. The Morgan fingerprint density at radius 2 is 1.67 bits per heavy atom. The van der Waals surface area contributed by atoms with Crippen LogP contribution in [0.25, 0.3) is 0 Å². The molecule has 64 heavy (non-hydrogen) atoms. The lowest BCUT2D eigenvalue weighted by Gasteiger charge is -2.60. The predicted octanol–water partition coefficient (Wildman–Crippen LogP) is 4.38. The van der Waals surface area contributed by atoms with Crippen LogP contribution in [-0.2, 0) is 46.5 Å². The van der Waals surface area contributed by atoms with Crippen LogP contribution in [0.3, 0.4) is 0 Å². The van der Waals surface area contributed by atoms with Gasteiger partial charge in [0.25, 0.3) is 10.1 Å². The van der Waals surface area contributed by atoms with Crippen LogP contribution in [-0.4, -0.2) is 114 Å². The molecular weight excluding hydrogens is 945 g/mol. The zero-order valence-electron chi connectivity index (χ0n) is 37.1. The Balaban J connectivity index is 0.000000164. The summed E-state index contributed by atoms with van der Waals surface area (Å²) in [5.41, 5.74) is -6.12. The first-order valence-electron chi connectivity index (χ1n) is 21.8. The quantitative estimate of drug-likeness (QED) is 0.173. The molecule has 0 aliphatic heterocycles. The van der Waals surface area contributed by atoms with Gasteiger partial charge in [0, 0.05) is 46.5 Å². The fraction of sp³-hybridized carbons (Fsp3) is 0.750. The molecule has 6 aliphatic carbocycles. The van der Waals surface area contributed by atoms with Crippen molar-refractivity contribution in [2.75, 3.05) is 18.6 Å². The molecule has 5 N–H and O–H groups in total. The number of carbonyl (C=O) groups is 3. The monoisotopic (exact) mass is 1010 g/mol. The maximum atomic E-state index is 14.1. The van der Waals surface area contributed by atoms with Crippen LogP contribution in [0.4, 0.5) is 8.78 Å². The second-order valence-corrected chi connectivity index (χ2v) is 25.3. The third-order valence-electron chi connectivity index (χ3n) is 17.3. The van der Waals surface area contributed by atoms with E-state index in [4.69, 9.17) is 4.55 Å². The zero-order chi connectivity index (χ0) is 47.8. The number of ketones is 3. The van der Waals surface area contributed by atoms with E-state index in [0.717, 1.165) is 63.3 Å². The highest BCUT2D eigenvalue weighted by Gasteiger charge is 2.70. The Morgan fingerprint density at radius 3 is 2.22 bits per heavy atom. The molecule has 0 saturated heterocycles. The Kier molecular flexibility index (Phi) is 13.9. The SMILES string of the molecule is CC(C(O)(Cn1cncn1)c1ccc(F)cc1F)S(C)(=O)=O.CC12CCC(C(Br)C1=O)C2(C)CS(=O)(=O)O.C[C@]12CC[C@@H](O)C[C@H]1CC[C@@H]1[C@@H]2C(=O)C[C@@]2(C)[C@H]1CC[C@]2(O)C(=O)CO. The molecular formula is C44H62BrF2N3O12S2. The second-order valence-electron chi connectivity index (χ2n) is 20.5. The van der Waals surface area contributed by atoms with Crippen LogP contribution < -0.4 is 0 Å². The van der Waals surface area contributed by atoms with Gasteiger partial charge in [-0.05, 0) is 99.9 Å². The minimum Gasteiger partial charge on any atom is -0.393 e. The summed E-state index contributed by atoms with van der Waals surface area (Å²) >= 11 is 3.35. The van der Waals surface area contributed by atoms with E-state index in [2.05, 4.69) is 32.9 Å². The molecule has 2 aromatic rings. The number of hydrogen-bond donors (Lipinski definition) is 5. The molecule has 0 spiro atoms. The van der Waals surface area contributed by atoms with Crippen LogP contribution in [0.1, 0.15) is 104 Å². The van der Waals surface area contributed by atoms with E-state index in [1.165, 1.54) is 24.3 Å². The average Bonchev–Trinajstić information content (AvgIpc) is 3.90. The molecule has 6 fully saturated rings. The molecule has 1 aromatic carbocycles. The summed E-state index contributed by atoms with van der Waals surface area (Å²) in [7, 11) is -7.76. The van der Waals surface area contributed by atoms with E-state index in [9.17, 15) is 60.4 Å². The molecule has 6 unspecified atom stereocenters. The average molecular weight is 1010 g/mol. The first-order chi connectivity index (χ1) is 29.4. The Morgan fingerprint density at radius 1 is 1.02 bits per heavy atom. The van der Waals surface area contributed by atoms with Crippen LogP contribution in [0.15, 0.2) is 30.9 Å². The van der Waals surface area contributed by atoms with Crippen LogP contribution in [0.5, 0.6) is 0 Å². The maximum Gasteiger partial charge on any atom is 0.265 e. The molecule has 14 atom stereocenters. The zero-order valence-corrected chi connectivity index (χ0v) is 40.3. The van der Waals surface area contributed by atoms with Crippen LogP contribution in [0.2, 0.25) is 0 Å². The van der Waals surface area contributed by atoms with Gasteiger partial charge in [-0.3, -0.25) is 18.9 Å². The summed E-state index contributed by atoms with van der Waals surface area (Å²) in [5, 5.41) is 44.0. The first kappa shape index (κ1) is 50.8. The van der Waals surface area contributed by atoms with Gasteiger partial charge in [0.1, 0.15) is 47.9 Å². The molecule has 20 heteroatoms. The van der Waals surface area contributed by atoms with Gasteiger partial charge in [-0.2, -0.15) is 13.5 Å². The van der Waals surface area contributed by atoms with Gasteiger partial charge in [0.15, 0.2) is 21.4 Å². The molecule has 1 aromatic heterocycles. The Bertz CT molecular complexity index is 2360.